The molecule has 0 unspecified atom stereocenters. The number of hydrogen-bond acceptors (Lipinski definition) is 5. The average molecular weight is 625 g/mol. The average Bonchev–Trinajstić information content (AvgIpc) is 3.33. The third kappa shape index (κ3) is 7.52. The molecule has 0 spiro atoms. The third-order valence-electron chi connectivity index (χ3n) is 8.54. The maximum atomic E-state index is 13.9. The van der Waals surface area contributed by atoms with E-state index >= 15 is 0 Å². The molecule has 2 heterocycles. The summed E-state index contributed by atoms with van der Waals surface area (Å²) in [6, 6.07) is 27.1. The molecule has 0 radical (unpaired) electrons. The molecule has 6 rings (SSSR count). The van der Waals surface area contributed by atoms with E-state index in [0.29, 0.717) is 43.1 Å². The molecular weight excluding hydrogens is 586 g/mol. The number of nitrogens with zero attached hydrogens (tertiary/aromatic N) is 3. The minimum absolute atomic E-state index is 0.0666. The second-order valence-electron chi connectivity index (χ2n) is 11.6. The summed E-state index contributed by atoms with van der Waals surface area (Å²) < 4.78 is 27.7. The topological polar surface area (TPSA) is 79.9 Å². The van der Waals surface area contributed by atoms with Crippen LogP contribution in [0.1, 0.15) is 33.9 Å². The Hall–Kier alpha value is -4.80. The van der Waals surface area contributed by atoms with Crippen molar-refractivity contribution < 1.29 is 18.4 Å². The molecular formula is C36H38F2N6O2. The lowest BCUT2D eigenvalue weighted by atomic mass is 9.96. The summed E-state index contributed by atoms with van der Waals surface area (Å²) in [4.78, 5) is 33.0. The molecule has 2 saturated heterocycles. The molecule has 46 heavy (non-hydrogen) atoms. The van der Waals surface area contributed by atoms with E-state index in [1.54, 1.807) is 30.3 Å². The molecule has 2 aliphatic heterocycles. The summed E-state index contributed by atoms with van der Waals surface area (Å²) >= 11 is 0. The normalized spacial score (nSPS) is 15.8. The quantitative estimate of drug-likeness (QED) is 0.237. The number of benzene rings is 4. The van der Waals surface area contributed by atoms with E-state index in [1.165, 1.54) is 24.3 Å². The Labute approximate surface area is 268 Å². The van der Waals surface area contributed by atoms with Gasteiger partial charge in [-0.15, -0.1) is 0 Å². The standard InChI is InChI=1S/C36H38F2N6O2/c37-29-12-7-26(8-13-29)34(27-9-14-30(38)15-10-27)43-20-4-19-42(23-24-43)33-16-11-28(35(45)44-21-17-39-18-22-44)25-32(33)41-36(46)40-31-5-2-1-3-6-31/h1-3,5-16,25,34,39H,4,17-24H2,(H2,40,41,46). The molecule has 2 aliphatic rings. The van der Waals surface area contributed by atoms with Crippen LogP contribution in [-0.4, -0.2) is 74.1 Å². The van der Waals surface area contributed by atoms with E-state index in [1.807, 2.05) is 47.4 Å². The SMILES string of the molecule is O=C(Nc1ccccc1)Nc1cc(C(=O)N2CCNCC2)ccc1N1CCCN(C(c2ccc(F)cc2)c2ccc(F)cc2)CC1. The van der Waals surface area contributed by atoms with Gasteiger partial charge in [-0.3, -0.25) is 9.69 Å². The Kier molecular flexibility index (Phi) is 9.85. The van der Waals surface area contributed by atoms with E-state index in [0.717, 1.165) is 49.4 Å². The molecule has 238 valence electrons. The maximum Gasteiger partial charge on any atom is 0.323 e. The molecule has 0 bridgehead atoms. The van der Waals surface area contributed by atoms with Crippen LogP contribution in [-0.2, 0) is 0 Å². The van der Waals surface area contributed by atoms with Crippen LogP contribution in [0.2, 0.25) is 0 Å². The monoisotopic (exact) mass is 624 g/mol. The van der Waals surface area contributed by atoms with Crippen LogP contribution in [0, 0.1) is 11.6 Å². The lowest BCUT2D eigenvalue weighted by Gasteiger charge is -2.32. The molecule has 0 atom stereocenters. The lowest BCUT2D eigenvalue weighted by molar-refractivity contribution is 0.0736. The third-order valence-corrected chi connectivity index (χ3v) is 8.54. The first-order valence-corrected chi connectivity index (χ1v) is 15.7. The number of nitrogens with one attached hydrogen (secondary N) is 3. The first kappa shape index (κ1) is 31.2. The van der Waals surface area contributed by atoms with Gasteiger partial charge < -0.3 is 25.8 Å². The highest BCUT2D eigenvalue weighted by Crippen LogP contribution is 2.33. The molecule has 0 aliphatic carbocycles. The van der Waals surface area contributed by atoms with Crippen molar-refractivity contribution in [1.29, 1.82) is 0 Å². The predicted molar refractivity (Wildman–Crippen MR) is 177 cm³/mol. The van der Waals surface area contributed by atoms with Gasteiger partial charge in [-0.25, -0.2) is 13.6 Å². The number of piperazine rings is 1. The highest BCUT2D eigenvalue weighted by atomic mass is 19.1. The van der Waals surface area contributed by atoms with E-state index in [-0.39, 0.29) is 23.6 Å². The van der Waals surface area contributed by atoms with Crippen LogP contribution >= 0.6 is 0 Å². The first-order valence-electron chi connectivity index (χ1n) is 15.7. The van der Waals surface area contributed by atoms with Gasteiger partial charge in [-0.05, 0) is 72.1 Å². The second-order valence-corrected chi connectivity index (χ2v) is 11.6. The summed E-state index contributed by atoms with van der Waals surface area (Å²) in [6.45, 7) is 5.52. The van der Waals surface area contributed by atoms with Crippen LogP contribution in [0.4, 0.5) is 30.6 Å². The fourth-order valence-corrected chi connectivity index (χ4v) is 6.24. The van der Waals surface area contributed by atoms with E-state index in [4.69, 9.17) is 0 Å². The van der Waals surface area contributed by atoms with Crippen LogP contribution in [0.3, 0.4) is 0 Å². The van der Waals surface area contributed by atoms with Gasteiger partial charge in [0, 0.05) is 63.6 Å². The van der Waals surface area contributed by atoms with Crippen LogP contribution in [0.15, 0.2) is 97.1 Å². The number of para-hydroxylation sites is 1. The lowest BCUT2D eigenvalue weighted by Crippen LogP contribution is -2.46. The van der Waals surface area contributed by atoms with Crippen LogP contribution < -0.4 is 20.9 Å². The molecule has 4 aromatic rings. The van der Waals surface area contributed by atoms with E-state index in [2.05, 4.69) is 25.8 Å². The largest absolute Gasteiger partial charge is 0.369 e. The van der Waals surface area contributed by atoms with Crippen molar-refractivity contribution in [2.75, 3.05) is 67.9 Å². The van der Waals surface area contributed by atoms with Gasteiger partial charge in [0.2, 0.25) is 0 Å². The molecule has 10 heteroatoms. The highest BCUT2D eigenvalue weighted by molar-refractivity contribution is 6.04. The molecule has 4 aromatic carbocycles. The van der Waals surface area contributed by atoms with Gasteiger partial charge in [-0.1, -0.05) is 42.5 Å². The van der Waals surface area contributed by atoms with Gasteiger partial charge in [-0.2, -0.15) is 0 Å². The Morgan fingerprint density at radius 1 is 0.696 bits per heavy atom. The smallest absolute Gasteiger partial charge is 0.323 e. The van der Waals surface area contributed by atoms with Crippen molar-refractivity contribution in [3.05, 3.63) is 125 Å². The van der Waals surface area contributed by atoms with Crippen molar-refractivity contribution in [2.45, 2.75) is 12.5 Å². The number of anilines is 3. The fraction of sp³-hybridized carbons (Fsp3) is 0.278. The molecule has 3 N–H and O–H groups in total. The van der Waals surface area contributed by atoms with Gasteiger partial charge >= 0.3 is 6.03 Å². The number of carbonyl (C=O) groups excluding carboxylic acids is 2. The molecule has 2 fully saturated rings. The number of hydrogen-bond donors (Lipinski definition) is 3. The molecule has 0 saturated carbocycles. The second kappa shape index (κ2) is 14.5. The molecule has 8 nitrogen and oxygen atoms in total. The number of urea groups is 1. The minimum atomic E-state index is -0.400. The molecule has 3 amide bonds. The van der Waals surface area contributed by atoms with Crippen molar-refractivity contribution in [1.82, 2.24) is 15.1 Å². The number of halogens is 2. The van der Waals surface area contributed by atoms with Crippen molar-refractivity contribution in [3.8, 4) is 0 Å². The van der Waals surface area contributed by atoms with E-state index < -0.39 is 6.03 Å². The number of amides is 3. The first-order chi connectivity index (χ1) is 22.4. The van der Waals surface area contributed by atoms with Gasteiger partial charge in [0.15, 0.2) is 0 Å². The Bertz CT molecular complexity index is 1580. The van der Waals surface area contributed by atoms with E-state index in [9.17, 15) is 18.4 Å². The zero-order valence-electron chi connectivity index (χ0n) is 25.6. The summed E-state index contributed by atoms with van der Waals surface area (Å²) in [6.07, 6.45) is 0.815. The van der Waals surface area contributed by atoms with Crippen molar-refractivity contribution in [3.63, 3.8) is 0 Å². The van der Waals surface area contributed by atoms with Gasteiger partial charge in [0.25, 0.3) is 5.91 Å². The Balaban J connectivity index is 1.26. The summed E-state index contributed by atoms with van der Waals surface area (Å²) in [7, 11) is 0. The maximum absolute atomic E-state index is 13.9. The highest BCUT2D eigenvalue weighted by Gasteiger charge is 2.27. The Morgan fingerprint density at radius 2 is 1.35 bits per heavy atom. The zero-order chi connectivity index (χ0) is 31.9. The minimum Gasteiger partial charge on any atom is -0.369 e. The van der Waals surface area contributed by atoms with Gasteiger partial charge in [0.1, 0.15) is 11.6 Å². The van der Waals surface area contributed by atoms with Crippen LogP contribution in [0.25, 0.3) is 0 Å². The number of rotatable bonds is 7. The summed E-state index contributed by atoms with van der Waals surface area (Å²) in [5.41, 5.74) is 4.41. The zero-order valence-corrected chi connectivity index (χ0v) is 25.6. The summed E-state index contributed by atoms with van der Waals surface area (Å²) in [5.74, 6) is -0.680. The summed E-state index contributed by atoms with van der Waals surface area (Å²) in [5, 5.41) is 9.16. The van der Waals surface area contributed by atoms with Crippen molar-refractivity contribution in [2.24, 2.45) is 0 Å². The molecule has 0 aromatic heterocycles. The van der Waals surface area contributed by atoms with Gasteiger partial charge in [0.05, 0.1) is 17.4 Å². The van der Waals surface area contributed by atoms with Crippen LogP contribution in [0.5, 0.6) is 0 Å². The fourth-order valence-electron chi connectivity index (χ4n) is 6.24. The van der Waals surface area contributed by atoms with Crippen molar-refractivity contribution >= 4 is 29.0 Å². The predicted octanol–water partition coefficient (Wildman–Crippen LogP) is 5.96. The Morgan fingerprint density at radius 3 is 2.00 bits per heavy atom. The number of carbonyl (C=O) groups is 2.